The second kappa shape index (κ2) is 2.99. The SMILES string of the molecule is C=CCOCC1OC1C. The summed E-state index contributed by atoms with van der Waals surface area (Å²) in [5.74, 6) is 0. The molecule has 2 heteroatoms. The van der Waals surface area contributed by atoms with Crippen LogP contribution in [-0.2, 0) is 9.47 Å². The highest BCUT2D eigenvalue weighted by molar-refractivity contribution is 4.80. The summed E-state index contributed by atoms with van der Waals surface area (Å²) >= 11 is 0. The molecular formula is C7H12O2. The predicted molar refractivity (Wildman–Crippen MR) is 35.4 cm³/mol. The van der Waals surface area contributed by atoms with Crippen molar-refractivity contribution in [3.05, 3.63) is 12.7 Å². The van der Waals surface area contributed by atoms with Crippen molar-refractivity contribution in [2.75, 3.05) is 13.2 Å². The minimum absolute atomic E-state index is 0.352. The molecule has 2 unspecified atom stereocenters. The first-order valence-electron chi connectivity index (χ1n) is 3.18. The Bertz CT molecular complexity index is 101. The zero-order valence-electron chi connectivity index (χ0n) is 5.67. The Morgan fingerprint density at radius 1 is 1.78 bits per heavy atom. The van der Waals surface area contributed by atoms with Crippen molar-refractivity contribution in [1.29, 1.82) is 0 Å². The summed E-state index contributed by atoms with van der Waals surface area (Å²) in [7, 11) is 0. The molecule has 1 fully saturated rings. The van der Waals surface area contributed by atoms with Gasteiger partial charge in [-0.2, -0.15) is 0 Å². The lowest BCUT2D eigenvalue weighted by atomic mass is 10.4. The van der Waals surface area contributed by atoms with Gasteiger partial charge in [-0.05, 0) is 6.92 Å². The van der Waals surface area contributed by atoms with Crippen LogP contribution in [0.2, 0.25) is 0 Å². The zero-order valence-corrected chi connectivity index (χ0v) is 5.67. The van der Waals surface area contributed by atoms with Gasteiger partial charge in [0, 0.05) is 0 Å². The van der Waals surface area contributed by atoms with E-state index in [9.17, 15) is 0 Å². The Morgan fingerprint density at radius 2 is 2.44 bits per heavy atom. The smallest absolute Gasteiger partial charge is 0.107 e. The van der Waals surface area contributed by atoms with Gasteiger partial charge in [-0.1, -0.05) is 6.08 Å². The highest BCUT2D eigenvalue weighted by atomic mass is 16.6. The topological polar surface area (TPSA) is 21.8 Å². The molecule has 0 saturated carbocycles. The lowest BCUT2D eigenvalue weighted by Crippen LogP contribution is -2.02. The largest absolute Gasteiger partial charge is 0.375 e. The molecule has 0 N–H and O–H groups in total. The normalized spacial score (nSPS) is 32.1. The Morgan fingerprint density at radius 3 is 2.89 bits per heavy atom. The Balaban J connectivity index is 1.88. The minimum atomic E-state index is 0.352. The molecule has 0 amide bonds. The maximum atomic E-state index is 5.13. The maximum Gasteiger partial charge on any atom is 0.107 e. The number of hydrogen-bond acceptors (Lipinski definition) is 2. The Labute approximate surface area is 55.5 Å². The predicted octanol–water partition coefficient (Wildman–Crippen LogP) is 0.976. The molecule has 0 aliphatic carbocycles. The van der Waals surface area contributed by atoms with Crippen LogP contribution in [0.15, 0.2) is 12.7 Å². The van der Waals surface area contributed by atoms with Crippen LogP contribution in [0.25, 0.3) is 0 Å². The van der Waals surface area contributed by atoms with Gasteiger partial charge >= 0.3 is 0 Å². The fraction of sp³-hybridized carbons (Fsp3) is 0.714. The van der Waals surface area contributed by atoms with Crippen LogP contribution < -0.4 is 0 Å². The number of ether oxygens (including phenoxy) is 2. The van der Waals surface area contributed by atoms with Crippen LogP contribution in [0.1, 0.15) is 6.92 Å². The van der Waals surface area contributed by atoms with Gasteiger partial charge in [0.05, 0.1) is 19.3 Å². The average molecular weight is 128 g/mol. The molecule has 52 valence electrons. The van der Waals surface area contributed by atoms with Gasteiger partial charge in [-0.15, -0.1) is 6.58 Å². The fourth-order valence-electron chi connectivity index (χ4n) is 0.673. The zero-order chi connectivity index (χ0) is 6.69. The lowest BCUT2D eigenvalue weighted by Gasteiger charge is -1.93. The van der Waals surface area contributed by atoms with Gasteiger partial charge < -0.3 is 9.47 Å². The van der Waals surface area contributed by atoms with Crippen molar-refractivity contribution in [3.8, 4) is 0 Å². The molecule has 0 bridgehead atoms. The lowest BCUT2D eigenvalue weighted by molar-refractivity contribution is 0.141. The molecule has 1 heterocycles. The second-order valence-corrected chi connectivity index (χ2v) is 2.21. The van der Waals surface area contributed by atoms with E-state index in [4.69, 9.17) is 9.47 Å². The molecule has 0 aromatic rings. The van der Waals surface area contributed by atoms with E-state index in [1.807, 2.05) is 6.92 Å². The summed E-state index contributed by atoms with van der Waals surface area (Å²) in [6.45, 7) is 6.92. The molecule has 1 aliphatic rings. The molecule has 9 heavy (non-hydrogen) atoms. The van der Waals surface area contributed by atoms with E-state index in [1.54, 1.807) is 6.08 Å². The highest BCUT2D eigenvalue weighted by Crippen LogP contribution is 2.20. The van der Waals surface area contributed by atoms with Crippen LogP contribution in [0.4, 0.5) is 0 Å². The summed E-state index contributed by atoms with van der Waals surface area (Å²) in [5.41, 5.74) is 0. The van der Waals surface area contributed by atoms with Gasteiger partial charge in [-0.25, -0.2) is 0 Å². The third kappa shape index (κ3) is 2.16. The van der Waals surface area contributed by atoms with Crippen molar-refractivity contribution >= 4 is 0 Å². The quantitative estimate of drug-likeness (QED) is 0.320. The monoisotopic (exact) mass is 128 g/mol. The van der Waals surface area contributed by atoms with Gasteiger partial charge in [0.15, 0.2) is 0 Å². The highest BCUT2D eigenvalue weighted by Gasteiger charge is 2.33. The van der Waals surface area contributed by atoms with E-state index in [1.165, 1.54) is 0 Å². The third-order valence-corrected chi connectivity index (χ3v) is 1.35. The van der Waals surface area contributed by atoms with Crippen LogP contribution in [0.5, 0.6) is 0 Å². The van der Waals surface area contributed by atoms with E-state index in [2.05, 4.69) is 6.58 Å². The number of hydrogen-bond donors (Lipinski definition) is 0. The molecule has 2 nitrogen and oxygen atoms in total. The van der Waals surface area contributed by atoms with E-state index in [0.29, 0.717) is 25.4 Å². The first-order chi connectivity index (χ1) is 4.34. The van der Waals surface area contributed by atoms with Gasteiger partial charge in [0.25, 0.3) is 0 Å². The van der Waals surface area contributed by atoms with Crippen LogP contribution in [-0.4, -0.2) is 25.4 Å². The van der Waals surface area contributed by atoms with Gasteiger partial charge in [0.2, 0.25) is 0 Å². The Hall–Kier alpha value is -0.340. The number of rotatable bonds is 4. The van der Waals surface area contributed by atoms with Crippen molar-refractivity contribution in [2.45, 2.75) is 19.1 Å². The molecule has 1 aliphatic heterocycles. The maximum absolute atomic E-state index is 5.13. The minimum Gasteiger partial charge on any atom is -0.375 e. The van der Waals surface area contributed by atoms with Gasteiger partial charge in [-0.3, -0.25) is 0 Å². The van der Waals surface area contributed by atoms with E-state index >= 15 is 0 Å². The summed E-state index contributed by atoms with van der Waals surface area (Å²) in [4.78, 5) is 0. The summed E-state index contributed by atoms with van der Waals surface area (Å²) in [6, 6.07) is 0. The summed E-state index contributed by atoms with van der Waals surface area (Å²) in [6.07, 6.45) is 2.51. The first-order valence-corrected chi connectivity index (χ1v) is 3.18. The number of epoxide rings is 1. The van der Waals surface area contributed by atoms with Gasteiger partial charge in [0.1, 0.15) is 6.10 Å². The molecule has 0 aromatic carbocycles. The van der Waals surface area contributed by atoms with E-state index < -0.39 is 0 Å². The first kappa shape index (κ1) is 6.78. The van der Waals surface area contributed by atoms with E-state index in [-0.39, 0.29) is 0 Å². The molecular weight excluding hydrogens is 116 g/mol. The molecule has 0 aromatic heterocycles. The molecule has 0 spiro atoms. The van der Waals surface area contributed by atoms with E-state index in [0.717, 1.165) is 0 Å². The second-order valence-electron chi connectivity index (χ2n) is 2.21. The molecule has 0 radical (unpaired) electrons. The standard InChI is InChI=1S/C7H12O2/c1-3-4-8-5-7-6(2)9-7/h3,6-7H,1,4-5H2,2H3. The van der Waals surface area contributed by atoms with Crippen LogP contribution >= 0.6 is 0 Å². The summed E-state index contributed by atoms with van der Waals surface area (Å²) in [5, 5.41) is 0. The molecule has 1 rings (SSSR count). The van der Waals surface area contributed by atoms with Crippen molar-refractivity contribution < 1.29 is 9.47 Å². The average Bonchev–Trinajstić information content (AvgIpc) is 2.48. The fourth-order valence-corrected chi connectivity index (χ4v) is 0.673. The van der Waals surface area contributed by atoms with Crippen molar-refractivity contribution in [1.82, 2.24) is 0 Å². The van der Waals surface area contributed by atoms with Crippen LogP contribution in [0, 0.1) is 0 Å². The third-order valence-electron chi connectivity index (χ3n) is 1.35. The van der Waals surface area contributed by atoms with Crippen molar-refractivity contribution in [2.24, 2.45) is 0 Å². The molecule has 2 atom stereocenters. The van der Waals surface area contributed by atoms with Crippen molar-refractivity contribution in [3.63, 3.8) is 0 Å². The summed E-state index contributed by atoms with van der Waals surface area (Å²) < 4.78 is 10.2. The Kier molecular flexibility index (Phi) is 2.25. The van der Waals surface area contributed by atoms with Crippen LogP contribution in [0.3, 0.4) is 0 Å². The molecule has 1 saturated heterocycles.